The van der Waals surface area contributed by atoms with Crippen molar-refractivity contribution in [3.8, 4) is 11.1 Å². The van der Waals surface area contributed by atoms with E-state index in [4.69, 9.17) is 0 Å². The lowest BCUT2D eigenvalue weighted by atomic mass is 9.83. The summed E-state index contributed by atoms with van der Waals surface area (Å²) in [5, 5.41) is 0. The SMILES string of the molecule is CCCCCCC1CC=C(c2ccc(-c3ccc(C4=CCC(CCCCCC)CC4)cc3)cc2)CC1. The third-order valence-corrected chi connectivity index (χ3v) is 8.82. The Morgan fingerprint density at radius 3 is 1.22 bits per heavy atom. The molecule has 2 aliphatic rings. The Balaban J connectivity index is 1.27. The fraction of sp³-hybridized carbons (Fsp3) is 0.556. The minimum Gasteiger partial charge on any atom is -0.0804 e. The minimum atomic E-state index is 0.916. The second-order valence-corrected chi connectivity index (χ2v) is 11.6. The van der Waals surface area contributed by atoms with Gasteiger partial charge < -0.3 is 0 Å². The zero-order chi connectivity index (χ0) is 25.0. The molecule has 0 radical (unpaired) electrons. The number of hydrogen-bond acceptors (Lipinski definition) is 0. The zero-order valence-corrected chi connectivity index (χ0v) is 23.2. The van der Waals surface area contributed by atoms with Crippen LogP contribution in [0.4, 0.5) is 0 Å². The summed E-state index contributed by atoms with van der Waals surface area (Å²) in [7, 11) is 0. The van der Waals surface area contributed by atoms with Gasteiger partial charge >= 0.3 is 0 Å². The van der Waals surface area contributed by atoms with E-state index in [1.54, 1.807) is 11.1 Å². The number of hydrogen-bond donors (Lipinski definition) is 0. The van der Waals surface area contributed by atoms with E-state index in [0.29, 0.717) is 0 Å². The van der Waals surface area contributed by atoms with Gasteiger partial charge in [-0.05, 0) is 83.8 Å². The molecule has 0 saturated heterocycles. The van der Waals surface area contributed by atoms with Crippen LogP contribution in [0.2, 0.25) is 0 Å². The summed E-state index contributed by atoms with van der Waals surface area (Å²) in [5.74, 6) is 1.83. The summed E-state index contributed by atoms with van der Waals surface area (Å²) < 4.78 is 0. The van der Waals surface area contributed by atoms with Crippen LogP contribution in [0.5, 0.6) is 0 Å². The fourth-order valence-electron chi connectivity index (χ4n) is 6.30. The Morgan fingerprint density at radius 1 is 0.500 bits per heavy atom. The highest BCUT2D eigenvalue weighted by molar-refractivity contribution is 5.73. The molecule has 0 heteroatoms. The number of unbranched alkanes of at least 4 members (excludes halogenated alkanes) is 6. The zero-order valence-electron chi connectivity index (χ0n) is 23.2. The summed E-state index contributed by atoms with van der Waals surface area (Å²) in [4.78, 5) is 0. The molecule has 2 aliphatic carbocycles. The molecule has 0 heterocycles. The minimum absolute atomic E-state index is 0.916. The molecule has 194 valence electrons. The van der Waals surface area contributed by atoms with Gasteiger partial charge in [0.05, 0.1) is 0 Å². The lowest BCUT2D eigenvalue weighted by Gasteiger charge is -2.22. The normalized spacial score (nSPS) is 20.2. The molecular formula is C36H50. The van der Waals surface area contributed by atoms with Gasteiger partial charge in [-0.15, -0.1) is 0 Å². The highest BCUT2D eigenvalue weighted by atomic mass is 14.2. The molecule has 0 amide bonds. The van der Waals surface area contributed by atoms with Gasteiger partial charge in [-0.3, -0.25) is 0 Å². The summed E-state index contributed by atoms with van der Waals surface area (Å²) in [5.41, 5.74) is 8.65. The summed E-state index contributed by atoms with van der Waals surface area (Å²) >= 11 is 0. The standard InChI is InChI=1S/C36H50/c1-3-5-7-9-11-29-13-17-31(18-14-29)33-21-25-35(26-22-33)36-27-23-34(24-28-36)32-19-15-30(16-20-32)12-10-8-6-4-2/h17,19,21-30H,3-16,18,20H2,1-2H3. The largest absolute Gasteiger partial charge is 0.0804 e. The molecule has 0 aromatic heterocycles. The van der Waals surface area contributed by atoms with Crippen molar-refractivity contribution in [3.05, 3.63) is 71.8 Å². The Kier molecular flexibility index (Phi) is 10.9. The quantitative estimate of drug-likeness (QED) is 0.249. The first kappa shape index (κ1) is 27.0. The Morgan fingerprint density at radius 2 is 0.889 bits per heavy atom. The second kappa shape index (κ2) is 14.6. The van der Waals surface area contributed by atoms with Crippen molar-refractivity contribution in [3.63, 3.8) is 0 Å². The lowest BCUT2D eigenvalue weighted by molar-refractivity contribution is 0.425. The van der Waals surface area contributed by atoms with Crippen LogP contribution >= 0.6 is 0 Å². The Labute approximate surface area is 222 Å². The van der Waals surface area contributed by atoms with E-state index in [9.17, 15) is 0 Å². The maximum atomic E-state index is 2.53. The van der Waals surface area contributed by atoms with E-state index in [1.807, 2.05) is 0 Å². The summed E-state index contributed by atoms with van der Waals surface area (Å²) in [6, 6.07) is 18.7. The molecule has 2 atom stereocenters. The van der Waals surface area contributed by atoms with Gasteiger partial charge in [-0.25, -0.2) is 0 Å². The van der Waals surface area contributed by atoms with Crippen molar-refractivity contribution in [1.82, 2.24) is 0 Å². The molecule has 2 unspecified atom stereocenters. The van der Waals surface area contributed by atoms with E-state index in [-0.39, 0.29) is 0 Å². The van der Waals surface area contributed by atoms with E-state index in [2.05, 4.69) is 74.5 Å². The van der Waals surface area contributed by atoms with Gasteiger partial charge in [-0.1, -0.05) is 139 Å². The van der Waals surface area contributed by atoms with Crippen LogP contribution in [0.15, 0.2) is 60.7 Å². The molecule has 36 heavy (non-hydrogen) atoms. The Hall–Kier alpha value is -2.08. The summed E-state index contributed by atoms with van der Waals surface area (Å²) in [6.45, 7) is 4.60. The third kappa shape index (κ3) is 7.96. The van der Waals surface area contributed by atoms with E-state index in [1.165, 1.54) is 125 Å². The van der Waals surface area contributed by atoms with Gasteiger partial charge in [0, 0.05) is 0 Å². The maximum Gasteiger partial charge on any atom is -0.0184 e. The number of allylic oxidation sites excluding steroid dienone is 4. The Bertz CT molecular complexity index is 875. The van der Waals surface area contributed by atoms with Crippen molar-refractivity contribution in [2.24, 2.45) is 11.8 Å². The molecule has 0 fully saturated rings. The molecule has 0 nitrogen and oxygen atoms in total. The van der Waals surface area contributed by atoms with Gasteiger partial charge in [-0.2, -0.15) is 0 Å². The molecule has 0 saturated carbocycles. The first-order chi connectivity index (χ1) is 17.8. The first-order valence-corrected chi connectivity index (χ1v) is 15.4. The smallest absolute Gasteiger partial charge is 0.0184 e. The van der Waals surface area contributed by atoms with E-state index < -0.39 is 0 Å². The molecule has 0 aliphatic heterocycles. The van der Waals surface area contributed by atoms with Crippen LogP contribution in [0.1, 0.15) is 128 Å². The number of benzene rings is 2. The topological polar surface area (TPSA) is 0 Å². The predicted octanol–water partition coefficient (Wildman–Crippen LogP) is 11.7. The van der Waals surface area contributed by atoms with Crippen molar-refractivity contribution in [1.29, 1.82) is 0 Å². The molecule has 2 aromatic rings. The first-order valence-electron chi connectivity index (χ1n) is 15.4. The van der Waals surface area contributed by atoms with Crippen molar-refractivity contribution in [2.75, 3.05) is 0 Å². The van der Waals surface area contributed by atoms with Crippen molar-refractivity contribution in [2.45, 2.75) is 117 Å². The summed E-state index contributed by atoms with van der Waals surface area (Å²) in [6.07, 6.45) is 26.9. The van der Waals surface area contributed by atoms with Gasteiger partial charge in [0.15, 0.2) is 0 Å². The van der Waals surface area contributed by atoms with Gasteiger partial charge in [0.1, 0.15) is 0 Å². The van der Waals surface area contributed by atoms with Crippen LogP contribution in [0, 0.1) is 11.8 Å². The molecule has 0 spiro atoms. The number of rotatable bonds is 13. The van der Waals surface area contributed by atoms with Gasteiger partial charge in [0.2, 0.25) is 0 Å². The average molecular weight is 483 g/mol. The molecule has 0 N–H and O–H groups in total. The van der Waals surface area contributed by atoms with E-state index >= 15 is 0 Å². The monoisotopic (exact) mass is 482 g/mol. The molecular weight excluding hydrogens is 432 g/mol. The fourth-order valence-corrected chi connectivity index (χ4v) is 6.30. The van der Waals surface area contributed by atoms with Crippen LogP contribution in [0.25, 0.3) is 22.3 Å². The third-order valence-electron chi connectivity index (χ3n) is 8.82. The lowest BCUT2D eigenvalue weighted by Crippen LogP contribution is -2.05. The second-order valence-electron chi connectivity index (χ2n) is 11.6. The van der Waals surface area contributed by atoms with Crippen LogP contribution in [-0.4, -0.2) is 0 Å². The maximum absolute atomic E-state index is 2.53. The van der Waals surface area contributed by atoms with Crippen molar-refractivity contribution < 1.29 is 0 Å². The predicted molar refractivity (Wildman–Crippen MR) is 160 cm³/mol. The van der Waals surface area contributed by atoms with Crippen LogP contribution in [-0.2, 0) is 0 Å². The molecule has 4 rings (SSSR count). The average Bonchev–Trinajstić information content (AvgIpc) is 2.94. The highest BCUT2D eigenvalue weighted by Gasteiger charge is 2.16. The van der Waals surface area contributed by atoms with Crippen molar-refractivity contribution >= 4 is 11.1 Å². The van der Waals surface area contributed by atoms with Gasteiger partial charge in [0.25, 0.3) is 0 Å². The van der Waals surface area contributed by atoms with Crippen LogP contribution in [0.3, 0.4) is 0 Å². The van der Waals surface area contributed by atoms with Crippen LogP contribution < -0.4 is 0 Å². The molecule has 0 bridgehead atoms. The van der Waals surface area contributed by atoms with E-state index in [0.717, 1.165) is 11.8 Å². The highest BCUT2D eigenvalue weighted by Crippen LogP contribution is 2.35. The molecule has 2 aromatic carbocycles.